The number of fused-ring (bicyclic) bond motifs is 1. The summed E-state index contributed by atoms with van der Waals surface area (Å²) in [6.07, 6.45) is 1.84. The van der Waals surface area contributed by atoms with Crippen LogP contribution >= 0.6 is 23.2 Å². The van der Waals surface area contributed by atoms with Crippen LogP contribution in [0, 0.1) is 0 Å². The Morgan fingerprint density at radius 1 is 1.05 bits per heavy atom. The molecule has 1 aromatic heterocycles. The molecule has 0 bridgehead atoms. The maximum absolute atomic E-state index is 15.3. The molecule has 39 heavy (non-hydrogen) atoms. The summed E-state index contributed by atoms with van der Waals surface area (Å²) in [7, 11) is 0. The van der Waals surface area contributed by atoms with Gasteiger partial charge in [-0.1, -0.05) is 29.3 Å². The molecule has 2 saturated heterocycles. The molecule has 0 radical (unpaired) electrons. The highest BCUT2D eigenvalue weighted by atomic mass is 35.5. The van der Waals surface area contributed by atoms with Gasteiger partial charge in [0.15, 0.2) is 5.76 Å². The number of aliphatic hydroxyl groups excluding tert-OH is 1. The summed E-state index contributed by atoms with van der Waals surface area (Å²) < 4.78 is 41.6. The Kier molecular flexibility index (Phi) is 8.63. The Bertz CT molecular complexity index is 1310. The molecule has 3 aromatic rings. The monoisotopic (exact) mass is 581 g/mol. The van der Waals surface area contributed by atoms with E-state index in [1.807, 2.05) is 4.90 Å². The van der Waals surface area contributed by atoms with E-state index in [1.165, 1.54) is 24.6 Å². The number of aliphatic hydroxyl groups is 1. The molecule has 0 unspecified atom stereocenters. The van der Waals surface area contributed by atoms with Crippen molar-refractivity contribution in [3.8, 4) is 5.75 Å². The summed E-state index contributed by atoms with van der Waals surface area (Å²) in [6, 6.07) is 9.40. The van der Waals surface area contributed by atoms with Crippen LogP contribution in [0.3, 0.4) is 0 Å². The SMILES string of the molecule is O=C(N[C@H](CN1CCCC1)[C@@H](O)c1ccc(OCCN2CCC2)c(Cl)c1)C(F)(F)c1cc2cc(Cl)ccc2o1. The first kappa shape index (κ1) is 28.1. The lowest BCUT2D eigenvalue weighted by molar-refractivity contribution is -0.151. The second-order valence-electron chi connectivity index (χ2n) is 10.1. The number of carbonyl (C=O) groups is 1. The number of ether oxygens (including phenoxy) is 1. The second kappa shape index (κ2) is 12.0. The molecular weight excluding hydrogens is 551 g/mol. The average molecular weight is 582 g/mol. The minimum atomic E-state index is -3.97. The van der Waals surface area contributed by atoms with Crippen molar-refractivity contribution >= 4 is 40.1 Å². The van der Waals surface area contributed by atoms with Crippen molar-refractivity contribution in [2.45, 2.75) is 37.3 Å². The number of carbonyl (C=O) groups excluding carboxylic acids is 1. The highest BCUT2D eigenvalue weighted by Gasteiger charge is 2.46. The molecule has 0 spiro atoms. The number of nitrogens with zero attached hydrogens (tertiary/aromatic N) is 2. The maximum Gasteiger partial charge on any atom is 0.380 e. The van der Waals surface area contributed by atoms with Gasteiger partial charge in [-0.05, 0) is 87.4 Å². The fraction of sp³-hybridized carbons (Fsp3) is 0.464. The largest absolute Gasteiger partial charge is 0.491 e. The van der Waals surface area contributed by atoms with Crippen LogP contribution < -0.4 is 10.1 Å². The molecule has 2 atom stereocenters. The maximum atomic E-state index is 15.3. The van der Waals surface area contributed by atoms with Crippen LogP contribution in [0.2, 0.25) is 10.0 Å². The van der Waals surface area contributed by atoms with Crippen LogP contribution in [-0.4, -0.2) is 72.7 Å². The van der Waals surface area contributed by atoms with Gasteiger partial charge >= 0.3 is 5.92 Å². The standard InChI is InChI=1S/C28H31Cl2F2N3O4/c29-20-5-7-23-19(14-20)16-25(39-23)28(31,32)27(37)33-22(17-35-8-1-2-9-35)26(36)18-4-6-24(21(30)15-18)38-13-12-34-10-3-11-34/h4-7,14-16,22,26,36H,1-3,8-13,17H2,(H,33,37)/t22-,26+/m1/s1. The first-order chi connectivity index (χ1) is 18.7. The number of alkyl halides is 2. The van der Waals surface area contributed by atoms with Gasteiger partial charge in [0.2, 0.25) is 0 Å². The number of nitrogens with one attached hydrogen (secondary N) is 1. The van der Waals surface area contributed by atoms with Crippen molar-refractivity contribution in [1.82, 2.24) is 15.1 Å². The van der Waals surface area contributed by atoms with Crippen molar-refractivity contribution in [2.75, 3.05) is 45.9 Å². The van der Waals surface area contributed by atoms with Crippen LogP contribution in [0.25, 0.3) is 11.0 Å². The van der Waals surface area contributed by atoms with Gasteiger partial charge in [-0.3, -0.25) is 9.69 Å². The number of amides is 1. The second-order valence-corrected chi connectivity index (χ2v) is 11.0. The third-order valence-corrected chi connectivity index (χ3v) is 7.87. The van der Waals surface area contributed by atoms with Gasteiger partial charge in [-0.25, -0.2) is 0 Å². The van der Waals surface area contributed by atoms with E-state index in [1.54, 1.807) is 18.2 Å². The summed E-state index contributed by atoms with van der Waals surface area (Å²) in [5, 5.41) is 14.7. The summed E-state index contributed by atoms with van der Waals surface area (Å²) in [5.41, 5.74) is 0.582. The van der Waals surface area contributed by atoms with Crippen LogP contribution in [0.1, 0.15) is 36.7 Å². The molecule has 2 aromatic carbocycles. The van der Waals surface area contributed by atoms with E-state index >= 15 is 8.78 Å². The van der Waals surface area contributed by atoms with Crippen molar-refractivity contribution < 1.29 is 27.8 Å². The predicted molar refractivity (Wildman–Crippen MR) is 146 cm³/mol. The molecule has 3 heterocycles. The topological polar surface area (TPSA) is 78.2 Å². The fourth-order valence-electron chi connectivity index (χ4n) is 4.95. The summed E-state index contributed by atoms with van der Waals surface area (Å²) in [6.45, 7) is 5.13. The van der Waals surface area contributed by atoms with E-state index in [9.17, 15) is 9.90 Å². The van der Waals surface area contributed by atoms with Gasteiger partial charge in [0.05, 0.1) is 11.1 Å². The quantitative estimate of drug-likeness (QED) is 0.323. The average Bonchev–Trinajstić information content (AvgIpc) is 3.55. The summed E-state index contributed by atoms with van der Waals surface area (Å²) in [4.78, 5) is 17.2. The first-order valence-corrected chi connectivity index (χ1v) is 13.9. The van der Waals surface area contributed by atoms with Gasteiger partial charge < -0.3 is 24.5 Å². The Labute approximate surface area is 235 Å². The molecule has 2 fully saturated rings. The molecule has 1 amide bonds. The third-order valence-electron chi connectivity index (χ3n) is 7.34. The van der Waals surface area contributed by atoms with Crippen molar-refractivity contribution in [3.63, 3.8) is 0 Å². The van der Waals surface area contributed by atoms with E-state index in [2.05, 4.69) is 10.2 Å². The zero-order valence-corrected chi connectivity index (χ0v) is 22.9. The zero-order valence-electron chi connectivity index (χ0n) is 21.3. The van der Waals surface area contributed by atoms with E-state index in [0.29, 0.717) is 33.4 Å². The highest BCUT2D eigenvalue weighted by Crippen LogP contribution is 2.35. The lowest BCUT2D eigenvalue weighted by Crippen LogP contribution is -2.50. The molecule has 7 nitrogen and oxygen atoms in total. The number of furan rings is 1. The van der Waals surface area contributed by atoms with Gasteiger partial charge in [0, 0.05) is 23.5 Å². The highest BCUT2D eigenvalue weighted by molar-refractivity contribution is 6.32. The number of hydrogen-bond donors (Lipinski definition) is 2. The number of hydrogen-bond acceptors (Lipinski definition) is 6. The van der Waals surface area contributed by atoms with Crippen molar-refractivity contribution in [2.24, 2.45) is 0 Å². The predicted octanol–water partition coefficient (Wildman–Crippen LogP) is 5.23. The Morgan fingerprint density at radius 3 is 2.49 bits per heavy atom. The first-order valence-electron chi connectivity index (χ1n) is 13.1. The van der Waals surface area contributed by atoms with Crippen LogP contribution in [0.5, 0.6) is 5.75 Å². The van der Waals surface area contributed by atoms with E-state index in [-0.39, 0.29) is 12.1 Å². The van der Waals surface area contributed by atoms with E-state index in [4.69, 9.17) is 32.4 Å². The van der Waals surface area contributed by atoms with Crippen molar-refractivity contribution in [1.29, 1.82) is 0 Å². The summed E-state index contributed by atoms with van der Waals surface area (Å²) in [5.74, 6) is -5.85. The third kappa shape index (κ3) is 6.49. The van der Waals surface area contributed by atoms with Gasteiger partial charge in [-0.2, -0.15) is 8.78 Å². The minimum Gasteiger partial charge on any atom is -0.491 e. The fourth-order valence-corrected chi connectivity index (χ4v) is 5.37. The number of benzene rings is 2. The molecule has 5 rings (SSSR count). The summed E-state index contributed by atoms with van der Waals surface area (Å²) >= 11 is 12.4. The van der Waals surface area contributed by atoms with E-state index in [0.717, 1.165) is 51.6 Å². The lowest BCUT2D eigenvalue weighted by Gasteiger charge is -2.30. The minimum absolute atomic E-state index is 0.192. The lowest BCUT2D eigenvalue weighted by atomic mass is 10.0. The van der Waals surface area contributed by atoms with Gasteiger partial charge in [0.1, 0.15) is 24.0 Å². The molecule has 2 N–H and O–H groups in total. The smallest absolute Gasteiger partial charge is 0.380 e. The van der Waals surface area contributed by atoms with Gasteiger partial charge in [0.25, 0.3) is 5.91 Å². The number of likely N-dealkylation sites (tertiary alicyclic amines) is 2. The van der Waals surface area contributed by atoms with Crippen molar-refractivity contribution in [3.05, 3.63) is 63.8 Å². The Balaban J connectivity index is 1.31. The van der Waals surface area contributed by atoms with Crippen LogP contribution in [0.15, 0.2) is 46.9 Å². The van der Waals surface area contributed by atoms with Gasteiger partial charge in [-0.15, -0.1) is 0 Å². The van der Waals surface area contributed by atoms with Crippen LogP contribution in [0.4, 0.5) is 8.78 Å². The Morgan fingerprint density at radius 2 is 1.79 bits per heavy atom. The Hall–Kier alpha value is -2.43. The number of halogens is 4. The molecule has 2 aliphatic heterocycles. The number of rotatable bonds is 11. The molecule has 0 aliphatic carbocycles. The molecule has 0 saturated carbocycles. The molecule has 11 heteroatoms. The van der Waals surface area contributed by atoms with E-state index < -0.39 is 29.7 Å². The molecule has 2 aliphatic rings. The van der Waals surface area contributed by atoms with Crippen LogP contribution in [-0.2, 0) is 10.7 Å². The zero-order chi connectivity index (χ0) is 27.6. The molecular formula is C28H31Cl2F2N3O4. The normalized spacial score (nSPS) is 18.2. The molecule has 210 valence electrons.